The number of sulfonamides is 1. The van der Waals surface area contributed by atoms with E-state index in [4.69, 9.17) is 4.74 Å². The number of fused-ring (bicyclic) bond motifs is 1. The molecule has 134 valence electrons. The molecule has 2 aromatic rings. The molecule has 1 heterocycles. The zero-order chi connectivity index (χ0) is 18.4. The Labute approximate surface area is 148 Å². The third kappa shape index (κ3) is 3.23. The highest BCUT2D eigenvalue weighted by Gasteiger charge is 2.42. The fourth-order valence-electron chi connectivity index (χ4n) is 2.94. The van der Waals surface area contributed by atoms with Crippen LogP contribution in [-0.2, 0) is 10.0 Å². The molecule has 6 heteroatoms. The Morgan fingerprint density at radius 1 is 1.12 bits per heavy atom. The van der Waals surface area contributed by atoms with Crippen molar-refractivity contribution in [3.63, 3.8) is 0 Å². The number of ether oxygens (including phenoxy) is 1. The molecule has 1 atom stereocenters. The highest BCUT2D eigenvalue weighted by Crippen LogP contribution is 2.42. The van der Waals surface area contributed by atoms with Crippen molar-refractivity contribution in [1.82, 2.24) is 0 Å². The average molecular weight is 363 g/mol. The Hall–Kier alpha value is -2.08. The van der Waals surface area contributed by atoms with Crippen molar-refractivity contribution in [3.8, 4) is 5.75 Å². The van der Waals surface area contributed by atoms with Crippen LogP contribution in [0, 0.1) is 18.2 Å². The minimum atomic E-state index is -3.85. The fourth-order valence-corrected chi connectivity index (χ4v) is 4.77. The van der Waals surface area contributed by atoms with Crippen molar-refractivity contribution in [1.29, 1.82) is 0 Å². The van der Waals surface area contributed by atoms with Crippen molar-refractivity contribution in [2.45, 2.75) is 38.6 Å². The van der Waals surface area contributed by atoms with Gasteiger partial charge in [-0.2, -0.15) is 0 Å². The summed E-state index contributed by atoms with van der Waals surface area (Å²) in [5.74, 6) is 0.0707. The second-order valence-corrected chi connectivity index (χ2v) is 9.23. The molecule has 0 amide bonds. The predicted octanol–water partition coefficient (Wildman–Crippen LogP) is 4.14. The Kier molecular flexibility index (Phi) is 4.27. The first kappa shape index (κ1) is 17.7. The van der Waals surface area contributed by atoms with E-state index in [0.717, 1.165) is 17.7 Å². The van der Waals surface area contributed by atoms with E-state index in [1.54, 1.807) is 6.07 Å². The van der Waals surface area contributed by atoms with Gasteiger partial charge >= 0.3 is 0 Å². The molecule has 3 rings (SSSR count). The molecule has 0 saturated carbocycles. The van der Waals surface area contributed by atoms with Gasteiger partial charge in [0.25, 0.3) is 10.0 Å². The zero-order valence-electron chi connectivity index (χ0n) is 14.8. The van der Waals surface area contributed by atoms with Crippen molar-refractivity contribution in [2.75, 3.05) is 10.9 Å². The first-order chi connectivity index (χ1) is 11.6. The van der Waals surface area contributed by atoms with Gasteiger partial charge < -0.3 is 4.74 Å². The van der Waals surface area contributed by atoms with Gasteiger partial charge in [0, 0.05) is 0 Å². The molecule has 0 aromatic heterocycles. The Balaban J connectivity index is 2.21. The molecule has 25 heavy (non-hydrogen) atoms. The lowest BCUT2D eigenvalue weighted by molar-refractivity contribution is 0.193. The minimum Gasteiger partial charge on any atom is -0.489 e. The van der Waals surface area contributed by atoms with Crippen LogP contribution in [0.25, 0.3) is 0 Å². The minimum absolute atomic E-state index is 0.0671. The number of halogens is 1. The molecule has 0 aliphatic carbocycles. The van der Waals surface area contributed by atoms with Crippen LogP contribution in [0.1, 0.15) is 26.3 Å². The van der Waals surface area contributed by atoms with Gasteiger partial charge in [0.1, 0.15) is 18.2 Å². The molecule has 1 aliphatic heterocycles. The Morgan fingerprint density at radius 2 is 1.76 bits per heavy atom. The zero-order valence-corrected chi connectivity index (χ0v) is 15.6. The lowest BCUT2D eigenvalue weighted by atomic mass is 9.86. The van der Waals surface area contributed by atoms with Crippen LogP contribution in [-0.4, -0.2) is 21.1 Å². The molecule has 0 fully saturated rings. The number of anilines is 1. The molecule has 2 aromatic carbocycles. The maximum atomic E-state index is 13.4. The lowest BCUT2D eigenvalue weighted by Gasteiger charge is -2.43. The molecule has 0 unspecified atom stereocenters. The molecule has 0 saturated heterocycles. The number of hydrogen-bond acceptors (Lipinski definition) is 3. The summed E-state index contributed by atoms with van der Waals surface area (Å²) in [6.45, 7) is 8.11. The van der Waals surface area contributed by atoms with Gasteiger partial charge in [-0.05, 0) is 54.3 Å². The van der Waals surface area contributed by atoms with E-state index >= 15 is 0 Å². The lowest BCUT2D eigenvalue weighted by Crippen LogP contribution is -2.53. The van der Waals surface area contributed by atoms with Crippen LogP contribution in [0.4, 0.5) is 10.1 Å². The van der Waals surface area contributed by atoms with Gasteiger partial charge in [-0.25, -0.2) is 12.8 Å². The van der Waals surface area contributed by atoms with Gasteiger partial charge in [0.15, 0.2) is 0 Å². The summed E-state index contributed by atoms with van der Waals surface area (Å²) in [5, 5.41) is 0. The van der Waals surface area contributed by atoms with E-state index in [0.29, 0.717) is 11.4 Å². The monoisotopic (exact) mass is 363 g/mol. The number of nitrogens with zero attached hydrogens (tertiary/aromatic N) is 1. The summed E-state index contributed by atoms with van der Waals surface area (Å²) in [7, 11) is -3.85. The van der Waals surface area contributed by atoms with Crippen molar-refractivity contribution in [3.05, 3.63) is 53.8 Å². The van der Waals surface area contributed by atoms with E-state index in [1.807, 2.05) is 39.8 Å². The Bertz CT molecular complexity index is 886. The van der Waals surface area contributed by atoms with Crippen LogP contribution in [0.5, 0.6) is 5.75 Å². The molecule has 1 aliphatic rings. The smallest absolute Gasteiger partial charge is 0.264 e. The first-order valence-corrected chi connectivity index (χ1v) is 9.58. The normalized spacial score (nSPS) is 17.8. The quantitative estimate of drug-likeness (QED) is 0.806. The van der Waals surface area contributed by atoms with Gasteiger partial charge in [-0.3, -0.25) is 4.31 Å². The highest BCUT2D eigenvalue weighted by atomic mass is 32.2. The molecule has 0 spiro atoms. The molecule has 4 nitrogen and oxygen atoms in total. The topological polar surface area (TPSA) is 46.6 Å². The largest absolute Gasteiger partial charge is 0.489 e. The summed E-state index contributed by atoms with van der Waals surface area (Å²) < 4.78 is 47.3. The maximum absolute atomic E-state index is 13.4. The molecule has 0 radical (unpaired) electrons. The summed E-state index contributed by atoms with van der Waals surface area (Å²) in [4.78, 5) is 0.0671. The van der Waals surface area contributed by atoms with Gasteiger partial charge in [0.2, 0.25) is 0 Å². The van der Waals surface area contributed by atoms with E-state index in [1.165, 1.54) is 16.4 Å². The number of hydrogen-bond donors (Lipinski definition) is 0. The van der Waals surface area contributed by atoms with E-state index in [-0.39, 0.29) is 23.0 Å². The first-order valence-electron chi connectivity index (χ1n) is 8.14. The van der Waals surface area contributed by atoms with Gasteiger partial charge in [-0.15, -0.1) is 0 Å². The van der Waals surface area contributed by atoms with Gasteiger partial charge in [-0.1, -0.05) is 26.8 Å². The highest BCUT2D eigenvalue weighted by molar-refractivity contribution is 7.92. The fraction of sp³-hybridized carbons (Fsp3) is 0.368. The molecule has 0 bridgehead atoms. The second kappa shape index (κ2) is 6.02. The van der Waals surface area contributed by atoms with E-state index in [9.17, 15) is 12.8 Å². The second-order valence-electron chi connectivity index (χ2n) is 7.42. The van der Waals surface area contributed by atoms with Crippen LogP contribution in [0.15, 0.2) is 47.4 Å². The molecular formula is C19H22FNO3S. The summed E-state index contributed by atoms with van der Waals surface area (Å²) in [5.41, 5.74) is 1.13. The molecule has 0 N–H and O–H groups in total. The van der Waals surface area contributed by atoms with Crippen LogP contribution >= 0.6 is 0 Å². The van der Waals surface area contributed by atoms with Crippen LogP contribution in [0.3, 0.4) is 0 Å². The van der Waals surface area contributed by atoms with Gasteiger partial charge in [0.05, 0.1) is 16.6 Å². The third-order valence-corrected chi connectivity index (χ3v) is 6.24. The molecular weight excluding hydrogens is 341 g/mol. The SMILES string of the molecule is Cc1ccc2c(c1)N(S(=O)(=O)c1ccc(F)cc1)[C@H](C(C)(C)C)CO2. The van der Waals surface area contributed by atoms with Crippen LogP contribution < -0.4 is 9.04 Å². The van der Waals surface area contributed by atoms with Crippen molar-refractivity contribution >= 4 is 15.7 Å². The Morgan fingerprint density at radius 3 is 2.36 bits per heavy atom. The van der Waals surface area contributed by atoms with Crippen LogP contribution in [0.2, 0.25) is 0 Å². The number of aryl methyl sites for hydroxylation is 1. The summed E-state index contributed by atoms with van der Waals surface area (Å²) in [6, 6.07) is 10.0. The van der Waals surface area contributed by atoms with Crippen molar-refractivity contribution in [2.24, 2.45) is 5.41 Å². The van der Waals surface area contributed by atoms with Crippen molar-refractivity contribution < 1.29 is 17.5 Å². The maximum Gasteiger partial charge on any atom is 0.264 e. The van der Waals surface area contributed by atoms with E-state index < -0.39 is 15.8 Å². The predicted molar refractivity (Wildman–Crippen MR) is 96.0 cm³/mol. The third-order valence-electron chi connectivity index (χ3n) is 4.40. The summed E-state index contributed by atoms with van der Waals surface area (Å²) in [6.07, 6.45) is 0. The summed E-state index contributed by atoms with van der Waals surface area (Å²) >= 11 is 0. The average Bonchev–Trinajstić information content (AvgIpc) is 2.53. The number of benzene rings is 2. The number of rotatable bonds is 2. The standard InChI is InChI=1S/C19H22FNO3S/c1-13-5-10-17-16(11-13)21(18(12-24-17)19(2,3)4)25(22,23)15-8-6-14(20)7-9-15/h5-11,18H,12H2,1-4H3/t18-/m0/s1. The van der Waals surface area contributed by atoms with E-state index in [2.05, 4.69) is 0 Å².